The van der Waals surface area contributed by atoms with Gasteiger partial charge in [0, 0.05) is 11.7 Å². The molecule has 1 aliphatic carbocycles. The number of hydrogen-bond donors (Lipinski definition) is 1. The standard InChI is InChI=1S/C21H26N2O4S/c1-14-8-10-18(11-9-14)28(26,27)20-15(2)12-16(3)23(21(20)25)13-19(24)22-17-6-4-5-7-17/h8-12,17H,4-7,13H2,1-3H3,(H,22,24). The van der Waals surface area contributed by atoms with Crippen molar-refractivity contribution in [3.63, 3.8) is 0 Å². The minimum absolute atomic E-state index is 0.0733. The van der Waals surface area contributed by atoms with Crippen LogP contribution in [-0.2, 0) is 21.2 Å². The number of pyridine rings is 1. The number of carbonyl (C=O) groups excluding carboxylic acids is 1. The Morgan fingerprint density at radius 3 is 2.32 bits per heavy atom. The van der Waals surface area contributed by atoms with Gasteiger partial charge in [0.05, 0.1) is 4.90 Å². The summed E-state index contributed by atoms with van der Waals surface area (Å²) in [6.45, 7) is 5.00. The molecule has 1 heterocycles. The summed E-state index contributed by atoms with van der Waals surface area (Å²) in [5.74, 6) is -0.264. The van der Waals surface area contributed by atoms with Gasteiger partial charge in [-0.1, -0.05) is 30.5 Å². The average Bonchev–Trinajstić information content (AvgIpc) is 3.11. The Bertz CT molecular complexity index is 1050. The van der Waals surface area contributed by atoms with Gasteiger partial charge in [-0.3, -0.25) is 9.59 Å². The summed E-state index contributed by atoms with van der Waals surface area (Å²) in [5, 5.41) is 2.94. The van der Waals surface area contributed by atoms with Crippen LogP contribution in [0.1, 0.15) is 42.5 Å². The zero-order chi connectivity index (χ0) is 20.5. The van der Waals surface area contributed by atoms with Crippen LogP contribution in [0.15, 0.2) is 44.9 Å². The number of amides is 1. The van der Waals surface area contributed by atoms with Crippen LogP contribution in [0.5, 0.6) is 0 Å². The number of aryl methyl sites for hydroxylation is 3. The van der Waals surface area contributed by atoms with Gasteiger partial charge < -0.3 is 9.88 Å². The lowest BCUT2D eigenvalue weighted by Gasteiger charge is -2.17. The van der Waals surface area contributed by atoms with Crippen LogP contribution in [0.2, 0.25) is 0 Å². The molecule has 0 spiro atoms. The van der Waals surface area contributed by atoms with Crippen LogP contribution in [0.4, 0.5) is 0 Å². The molecular weight excluding hydrogens is 376 g/mol. The lowest BCUT2D eigenvalue weighted by Crippen LogP contribution is -2.39. The molecule has 6 nitrogen and oxygen atoms in total. The maximum atomic E-state index is 13.1. The third kappa shape index (κ3) is 4.04. The van der Waals surface area contributed by atoms with E-state index in [4.69, 9.17) is 0 Å². The molecule has 0 saturated heterocycles. The molecule has 0 unspecified atom stereocenters. The fraction of sp³-hybridized carbons (Fsp3) is 0.429. The van der Waals surface area contributed by atoms with E-state index in [9.17, 15) is 18.0 Å². The smallest absolute Gasteiger partial charge is 0.270 e. The van der Waals surface area contributed by atoms with E-state index in [2.05, 4.69) is 5.32 Å². The number of aromatic nitrogens is 1. The molecule has 0 bridgehead atoms. The second-order valence-corrected chi connectivity index (χ2v) is 9.44. The Morgan fingerprint density at radius 1 is 1.11 bits per heavy atom. The summed E-state index contributed by atoms with van der Waals surface area (Å²) < 4.78 is 27.5. The van der Waals surface area contributed by atoms with E-state index in [-0.39, 0.29) is 28.3 Å². The highest BCUT2D eigenvalue weighted by Crippen LogP contribution is 2.22. The molecule has 1 aliphatic rings. The van der Waals surface area contributed by atoms with Crippen LogP contribution in [-0.4, -0.2) is 24.9 Å². The highest BCUT2D eigenvalue weighted by Gasteiger charge is 2.26. The van der Waals surface area contributed by atoms with Gasteiger partial charge in [-0.15, -0.1) is 0 Å². The van der Waals surface area contributed by atoms with Crippen molar-refractivity contribution in [1.29, 1.82) is 0 Å². The molecule has 1 amide bonds. The van der Waals surface area contributed by atoms with Gasteiger partial charge in [0.2, 0.25) is 15.7 Å². The molecule has 0 atom stereocenters. The second kappa shape index (κ2) is 7.91. The van der Waals surface area contributed by atoms with Crippen LogP contribution in [0.3, 0.4) is 0 Å². The predicted molar refractivity (Wildman–Crippen MR) is 107 cm³/mol. The molecule has 1 fully saturated rings. The van der Waals surface area contributed by atoms with Crippen LogP contribution in [0.25, 0.3) is 0 Å². The maximum Gasteiger partial charge on any atom is 0.270 e. The Morgan fingerprint density at radius 2 is 1.71 bits per heavy atom. The van der Waals surface area contributed by atoms with Crippen molar-refractivity contribution in [3.8, 4) is 0 Å². The quantitative estimate of drug-likeness (QED) is 0.833. The summed E-state index contributed by atoms with van der Waals surface area (Å²) in [4.78, 5) is 25.3. The van der Waals surface area contributed by atoms with Gasteiger partial charge in [-0.25, -0.2) is 8.42 Å². The Hall–Kier alpha value is -2.41. The molecule has 28 heavy (non-hydrogen) atoms. The number of carbonyl (C=O) groups is 1. The largest absolute Gasteiger partial charge is 0.352 e. The Balaban J connectivity index is 1.99. The average molecular weight is 403 g/mol. The molecule has 3 rings (SSSR count). The van der Waals surface area contributed by atoms with Crippen molar-refractivity contribution < 1.29 is 13.2 Å². The lowest BCUT2D eigenvalue weighted by molar-refractivity contribution is -0.122. The third-order valence-corrected chi connectivity index (χ3v) is 7.20. The van der Waals surface area contributed by atoms with Gasteiger partial charge >= 0.3 is 0 Å². The molecule has 1 aromatic carbocycles. The zero-order valence-corrected chi connectivity index (χ0v) is 17.3. The third-order valence-electron chi connectivity index (χ3n) is 5.27. The van der Waals surface area contributed by atoms with Gasteiger partial charge in [0.25, 0.3) is 5.56 Å². The van der Waals surface area contributed by atoms with Gasteiger partial charge in [0.15, 0.2) is 0 Å². The lowest BCUT2D eigenvalue weighted by atomic mass is 10.2. The van der Waals surface area contributed by atoms with E-state index in [0.29, 0.717) is 11.3 Å². The minimum Gasteiger partial charge on any atom is -0.352 e. The number of rotatable bonds is 5. The molecule has 0 aliphatic heterocycles. The molecule has 150 valence electrons. The predicted octanol–water partition coefficient (Wildman–Crippen LogP) is 2.67. The van der Waals surface area contributed by atoms with Crippen LogP contribution in [0, 0.1) is 20.8 Å². The van der Waals surface area contributed by atoms with E-state index in [1.807, 2.05) is 6.92 Å². The number of sulfone groups is 1. The summed E-state index contributed by atoms with van der Waals surface area (Å²) in [6.07, 6.45) is 4.07. The number of benzene rings is 1. The number of hydrogen-bond acceptors (Lipinski definition) is 4. The van der Waals surface area contributed by atoms with E-state index in [1.54, 1.807) is 32.0 Å². The molecule has 1 N–H and O–H groups in total. The van der Waals surface area contributed by atoms with Gasteiger partial charge in [-0.05, 0) is 57.4 Å². The first-order valence-electron chi connectivity index (χ1n) is 9.52. The Kier molecular flexibility index (Phi) is 5.74. The first-order valence-corrected chi connectivity index (χ1v) is 11.0. The molecule has 1 saturated carbocycles. The molecular formula is C21H26N2O4S. The first kappa shape index (κ1) is 20.3. The summed E-state index contributed by atoms with van der Waals surface area (Å²) in [7, 11) is -3.98. The van der Waals surface area contributed by atoms with Gasteiger partial charge in [0.1, 0.15) is 11.4 Å². The van der Waals surface area contributed by atoms with E-state index >= 15 is 0 Å². The van der Waals surface area contributed by atoms with Crippen molar-refractivity contribution in [2.75, 3.05) is 0 Å². The normalized spacial score (nSPS) is 15.0. The highest BCUT2D eigenvalue weighted by atomic mass is 32.2. The molecule has 7 heteroatoms. The van der Waals surface area contributed by atoms with E-state index < -0.39 is 15.4 Å². The number of nitrogens with one attached hydrogen (secondary N) is 1. The topological polar surface area (TPSA) is 85.2 Å². The SMILES string of the molecule is Cc1ccc(S(=O)(=O)c2c(C)cc(C)n(CC(=O)NC3CCCC3)c2=O)cc1. The van der Waals surface area contributed by atoms with E-state index in [0.717, 1.165) is 31.2 Å². The van der Waals surface area contributed by atoms with Crippen molar-refractivity contribution in [1.82, 2.24) is 9.88 Å². The summed E-state index contributed by atoms with van der Waals surface area (Å²) in [5.41, 5.74) is 1.22. The van der Waals surface area contributed by atoms with Crippen LogP contribution >= 0.6 is 0 Å². The summed E-state index contributed by atoms with van der Waals surface area (Å²) in [6, 6.07) is 8.19. The van der Waals surface area contributed by atoms with Crippen molar-refractivity contribution in [3.05, 3.63) is 57.5 Å². The number of nitrogens with zero attached hydrogens (tertiary/aromatic N) is 1. The fourth-order valence-corrected chi connectivity index (χ4v) is 5.31. The second-order valence-electron chi connectivity index (χ2n) is 7.55. The Labute approximate surface area is 165 Å². The summed E-state index contributed by atoms with van der Waals surface area (Å²) >= 11 is 0. The van der Waals surface area contributed by atoms with Gasteiger partial charge in [-0.2, -0.15) is 0 Å². The van der Waals surface area contributed by atoms with Crippen molar-refractivity contribution >= 4 is 15.7 Å². The molecule has 2 aromatic rings. The van der Waals surface area contributed by atoms with E-state index in [1.165, 1.54) is 16.7 Å². The van der Waals surface area contributed by atoms with Crippen molar-refractivity contribution in [2.45, 2.75) is 68.8 Å². The monoisotopic (exact) mass is 402 g/mol. The molecule has 0 radical (unpaired) electrons. The first-order chi connectivity index (χ1) is 13.2. The minimum atomic E-state index is -3.98. The molecule has 1 aromatic heterocycles. The maximum absolute atomic E-state index is 13.1. The van der Waals surface area contributed by atoms with Crippen LogP contribution < -0.4 is 10.9 Å². The highest BCUT2D eigenvalue weighted by molar-refractivity contribution is 7.91. The van der Waals surface area contributed by atoms with Crippen molar-refractivity contribution in [2.24, 2.45) is 0 Å². The zero-order valence-electron chi connectivity index (χ0n) is 16.5. The fourth-order valence-electron chi connectivity index (χ4n) is 3.75.